The summed E-state index contributed by atoms with van der Waals surface area (Å²) in [5.74, 6) is -1.51. The first-order valence-electron chi connectivity index (χ1n) is 13.6. The first kappa shape index (κ1) is 25.0. The Labute approximate surface area is 214 Å². The molecule has 2 saturated heterocycles. The van der Waals surface area contributed by atoms with Crippen molar-refractivity contribution < 1.29 is 19.1 Å². The number of hydrogen-bond acceptors (Lipinski definition) is 4. The predicted octanol–water partition coefficient (Wildman–Crippen LogP) is 3.89. The summed E-state index contributed by atoms with van der Waals surface area (Å²) in [7, 11) is 0. The summed E-state index contributed by atoms with van der Waals surface area (Å²) in [5.41, 5.74) is 1.85. The van der Waals surface area contributed by atoms with Crippen LogP contribution in [0.15, 0.2) is 30.4 Å². The number of ether oxygens (including phenoxy) is 1. The number of rotatable bonds is 7. The molecule has 3 heterocycles. The second kappa shape index (κ2) is 9.66. The van der Waals surface area contributed by atoms with Crippen LogP contribution in [0.5, 0.6) is 0 Å². The summed E-state index contributed by atoms with van der Waals surface area (Å²) in [6, 6.07) is 5.18. The lowest BCUT2D eigenvalue weighted by Crippen LogP contribution is -2.56. The van der Waals surface area contributed by atoms with Gasteiger partial charge in [0.25, 0.3) is 0 Å². The smallest absolute Gasteiger partial charge is 0.246 e. The number of likely N-dealkylation sites (tertiary alicyclic amines) is 1. The molecule has 5 rings (SSSR count). The van der Waals surface area contributed by atoms with E-state index in [9.17, 15) is 14.4 Å². The first-order valence-corrected chi connectivity index (χ1v) is 13.6. The maximum atomic E-state index is 13.9. The molecule has 1 aromatic rings. The zero-order valence-electron chi connectivity index (χ0n) is 21.9. The molecule has 4 aliphatic rings. The van der Waals surface area contributed by atoms with Gasteiger partial charge < -0.3 is 20.3 Å². The summed E-state index contributed by atoms with van der Waals surface area (Å²) in [5, 5.41) is 6.25. The maximum Gasteiger partial charge on any atom is 0.246 e. The van der Waals surface area contributed by atoms with Gasteiger partial charge in [-0.1, -0.05) is 51.3 Å². The van der Waals surface area contributed by atoms with E-state index in [2.05, 4.69) is 24.5 Å². The van der Waals surface area contributed by atoms with Crippen LogP contribution < -0.4 is 10.6 Å². The van der Waals surface area contributed by atoms with Gasteiger partial charge in [0.05, 0.1) is 17.9 Å². The normalized spacial score (nSPS) is 31.2. The summed E-state index contributed by atoms with van der Waals surface area (Å²) < 4.78 is 6.43. The van der Waals surface area contributed by atoms with Crippen molar-refractivity contribution in [1.29, 1.82) is 0 Å². The third-order valence-electron chi connectivity index (χ3n) is 8.60. The average Bonchev–Trinajstić information content (AvgIpc) is 3.48. The Morgan fingerprint density at radius 2 is 1.86 bits per heavy atom. The highest BCUT2D eigenvalue weighted by molar-refractivity contribution is 6.02. The van der Waals surface area contributed by atoms with E-state index >= 15 is 0 Å². The van der Waals surface area contributed by atoms with Gasteiger partial charge in [0.1, 0.15) is 11.6 Å². The minimum absolute atomic E-state index is 0.134. The Morgan fingerprint density at radius 1 is 1.11 bits per heavy atom. The number of anilines is 1. The number of carbonyl (C=O) groups excluding carboxylic acids is 3. The molecule has 7 heteroatoms. The van der Waals surface area contributed by atoms with Crippen LogP contribution in [-0.4, -0.2) is 53.0 Å². The van der Waals surface area contributed by atoms with Gasteiger partial charge in [-0.2, -0.15) is 0 Å². The first-order chi connectivity index (χ1) is 17.2. The molecule has 0 aromatic heterocycles. The summed E-state index contributed by atoms with van der Waals surface area (Å²) in [6.45, 7) is 8.73. The lowest BCUT2D eigenvalue weighted by molar-refractivity contribution is -0.141. The number of carbonyl (C=O) groups is 3. The fourth-order valence-electron chi connectivity index (χ4n) is 6.48. The molecular weight excluding hydrogens is 454 g/mol. The van der Waals surface area contributed by atoms with E-state index < -0.39 is 29.6 Å². The van der Waals surface area contributed by atoms with Gasteiger partial charge in [0, 0.05) is 18.3 Å². The Balaban J connectivity index is 1.42. The number of aryl methyl sites for hydroxylation is 2. The van der Waals surface area contributed by atoms with Crippen LogP contribution >= 0.6 is 0 Å². The van der Waals surface area contributed by atoms with Crippen LogP contribution in [0.1, 0.15) is 63.5 Å². The minimum Gasteiger partial charge on any atom is -0.359 e. The summed E-state index contributed by atoms with van der Waals surface area (Å²) in [4.78, 5) is 42.9. The van der Waals surface area contributed by atoms with Gasteiger partial charge in [-0.3, -0.25) is 14.4 Å². The number of nitrogens with zero attached hydrogens (tertiary/aromatic N) is 1. The molecule has 1 saturated carbocycles. The van der Waals surface area contributed by atoms with Crippen LogP contribution in [0.2, 0.25) is 0 Å². The lowest BCUT2D eigenvalue weighted by atomic mass is 9.74. The highest BCUT2D eigenvalue weighted by Gasteiger charge is 2.72. The largest absolute Gasteiger partial charge is 0.359 e. The quantitative estimate of drug-likeness (QED) is 0.564. The molecule has 3 aliphatic heterocycles. The Hall–Kier alpha value is -2.67. The van der Waals surface area contributed by atoms with E-state index in [0.29, 0.717) is 18.2 Å². The van der Waals surface area contributed by atoms with Gasteiger partial charge in [-0.25, -0.2) is 0 Å². The number of amides is 3. The van der Waals surface area contributed by atoms with Crippen LogP contribution in [0, 0.1) is 31.6 Å². The molecular formula is C29H39N3O4. The monoisotopic (exact) mass is 493 g/mol. The fourth-order valence-corrected chi connectivity index (χ4v) is 6.48. The van der Waals surface area contributed by atoms with E-state index in [0.717, 1.165) is 43.2 Å². The standard InChI is InChI=1S/C29H39N3O4/c1-17(2)13-15-32-25(27(34)30-20-8-6-5-7-9-20)29-14-12-22(36-29)23(24(29)28(32)35)26(33)31-21-11-10-18(3)19(4)16-21/h10-12,14,16-17,20,22-25H,5-9,13,15H2,1-4H3,(H,30,34)(H,31,33). The Bertz CT molecular complexity index is 1080. The van der Waals surface area contributed by atoms with Crippen LogP contribution in [-0.2, 0) is 19.1 Å². The molecule has 5 unspecified atom stereocenters. The van der Waals surface area contributed by atoms with E-state index in [-0.39, 0.29) is 23.8 Å². The predicted molar refractivity (Wildman–Crippen MR) is 138 cm³/mol. The third-order valence-corrected chi connectivity index (χ3v) is 8.60. The van der Waals surface area contributed by atoms with E-state index in [1.54, 1.807) is 4.90 Å². The second-order valence-corrected chi connectivity index (χ2v) is 11.5. The Kier molecular flexibility index (Phi) is 6.70. The summed E-state index contributed by atoms with van der Waals surface area (Å²) >= 11 is 0. The van der Waals surface area contributed by atoms with Crippen molar-refractivity contribution in [3.8, 4) is 0 Å². The molecule has 1 aromatic carbocycles. The van der Waals surface area contributed by atoms with Crippen molar-refractivity contribution in [3.05, 3.63) is 41.5 Å². The van der Waals surface area contributed by atoms with Gasteiger partial charge in [-0.05, 0) is 62.3 Å². The van der Waals surface area contributed by atoms with Crippen LogP contribution in [0.4, 0.5) is 5.69 Å². The molecule has 2 bridgehead atoms. The van der Waals surface area contributed by atoms with Crippen molar-refractivity contribution in [2.75, 3.05) is 11.9 Å². The van der Waals surface area contributed by atoms with Crippen molar-refractivity contribution in [2.24, 2.45) is 17.8 Å². The second-order valence-electron chi connectivity index (χ2n) is 11.5. The lowest BCUT2D eigenvalue weighted by Gasteiger charge is -2.34. The molecule has 3 amide bonds. The fraction of sp³-hybridized carbons (Fsp3) is 0.621. The molecule has 1 spiro atoms. The molecule has 194 valence electrons. The van der Waals surface area contributed by atoms with Crippen molar-refractivity contribution >= 4 is 23.4 Å². The minimum atomic E-state index is -1.09. The van der Waals surface area contributed by atoms with Crippen molar-refractivity contribution in [1.82, 2.24) is 10.2 Å². The molecule has 3 fully saturated rings. The molecule has 5 atom stereocenters. The van der Waals surface area contributed by atoms with Gasteiger partial charge in [0.15, 0.2) is 0 Å². The van der Waals surface area contributed by atoms with E-state index in [4.69, 9.17) is 4.74 Å². The molecule has 2 N–H and O–H groups in total. The van der Waals surface area contributed by atoms with Crippen molar-refractivity contribution in [3.63, 3.8) is 0 Å². The van der Waals surface area contributed by atoms with Crippen LogP contribution in [0.25, 0.3) is 0 Å². The highest BCUT2D eigenvalue weighted by atomic mass is 16.5. The SMILES string of the molecule is Cc1ccc(NC(=O)C2C3C=CC4(O3)C2C(=O)N(CCC(C)C)C4C(=O)NC2CCCCC2)cc1C. The Morgan fingerprint density at radius 3 is 2.56 bits per heavy atom. The molecule has 0 radical (unpaired) electrons. The number of benzene rings is 1. The third kappa shape index (κ3) is 4.25. The van der Waals surface area contributed by atoms with E-state index in [1.165, 1.54) is 6.42 Å². The molecule has 36 heavy (non-hydrogen) atoms. The number of hydrogen-bond donors (Lipinski definition) is 2. The van der Waals surface area contributed by atoms with Gasteiger partial charge in [0.2, 0.25) is 17.7 Å². The zero-order valence-corrected chi connectivity index (χ0v) is 21.9. The maximum absolute atomic E-state index is 13.9. The molecule has 7 nitrogen and oxygen atoms in total. The van der Waals surface area contributed by atoms with Crippen molar-refractivity contribution in [2.45, 2.75) is 90.0 Å². The van der Waals surface area contributed by atoms with E-state index in [1.807, 2.05) is 44.2 Å². The topological polar surface area (TPSA) is 87.7 Å². The van der Waals surface area contributed by atoms with Crippen LogP contribution in [0.3, 0.4) is 0 Å². The summed E-state index contributed by atoms with van der Waals surface area (Å²) in [6.07, 6.45) is 9.39. The molecule has 1 aliphatic carbocycles. The van der Waals surface area contributed by atoms with Gasteiger partial charge >= 0.3 is 0 Å². The average molecular weight is 494 g/mol. The highest BCUT2D eigenvalue weighted by Crippen LogP contribution is 2.55. The number of nitrogens with one attached hydrogen (secondary N) is 2. The number of fused-ring (bicyclic) bond motifs is 1. The van der Waals surface area contributed by atoms with Gasteiger partial charge in [-0.15, -0.1) is 0 Å². The zero-order chi connectivity index (χ0) is 25.6.